The van der Waals surface area contributed by atoms with Crippen LogP contribution in [0.3, 0.4) is 0 Å². The molecule has 0 spiro atoms. The molecule has 3 rings (SSSR count). The maximum Gasteiger partial charge on any atom is 0.244 e. The molecule has 8 heteroatoms. The van der Waals surface area contributed by atoms with Gasteiger partial charge in [0, 0.05) is 15.6 Å². The number of carbonyl (C=O) groups excluding carboxylic acids is 1. The molecule has 32 heavy (non-hydrogen) atoms. The lowest BCUT2D eigenvalue weighted by Crippen LogP contribution is -3.00. The molecule has 1 atom stereocenters. The molecule has 1 aromatic heterocycles. The summed E-state index contributed by atoms with van der Waals surface area (Å²) >= 11 is 12.4. The summed E-state index contributed by atoms with van der Waals surface area (Å²) in [6.45, 7) is 2.80. The van der Waals surface area contributed by atoms with Crippen molar-refractivity contribution in [1.82, 2.24) is 4.57 Å². The Hall–Kier alpha value is -2.30. The number of rotatable bonds is 10. The summed E-state index contributed by atoms with van der Waals surface area (Å²) in [5.41, 5.74) is 0.830. The quantitative estimate of drug-likeness (QED) is 0.291. The van der Waals surface area contributed by atoms with Crippen LogP contribution in [-0.4, -0.2) is 23.6 Å². The molecular formula is C24H23BrCl2N2O3. The number of para-hydroxylation sites is 1. The van der Waals surface area contributed by atoms with Gasteiger partial charge in [-0.05, 0) is 31.2 Å². The summed E-state index contributed by atoms with van der Waals surface area (Å²) in [6, 6.07) is 14.6. The Balaban J connectivity index is 0.00000363. The fourth-order valence-corrected chi connectivity index (χ4v) is 3.51. The van der Waals surface area contributed by atoms with Crippen LogP contribution in [0.5, 0.6) is 5.75 Å². The van der Waals surface area contributed by atoms with Gasteiger partial charge in [0.1, 0.15) is 37.4 Å². The van der Waals surface area contributed by atoms with Crippen molar-refractivity contribution in [3.8, 4) is 17.6 Å². The van der Waals surface area contributed by atoms with Crippen LogP contribution in [0, 0.1) is 11.8 Å². The monoisotopic (exact) mass is 536 g/mol. The number of hydrogen-bond acceptors (Lipinski definition) is 3. The van der Waals surface area contributed by atoms with Crippen LogP contribution < -0.4 is 26.3 Å². The molecule has 0 bridgehead atoms. The molecule has 3 aromatic rings. The third-order valence-electron chi connectivity index (χ3n) is 4.47. The van der Waals surface area contributed by atoms with Crippen molar-refractivity contribution in [3.05, 3.63) is 82.9 Å². The molecule has 0 N–H and O–H groups in total. The second-order valence-electron chi connectivity index (χ2n) is 6.82. The Morgan fingerprint density at radius 2 is 1.97 bits per heavy atom. The first-order valence-electron chi connectivity index (χ1n) is 9.75. The molecule has 0 aliphatic heterocycles. The van der Waals surface area contributed by atoms with Crippen LogP contribution in [0.2, 0.25) is 10.0 Å². The minimum atomic E-state index is -0.316. The molecule has 0 saturated carbocycles. The van der Waals surface area contributed by atoms with Crippen LogP contribution in [0.1, 0.15) is 18.6 Å². The first kappa shape index (κ1) is 26.0. The van der Waals surface area contributed by atoms with Crippen LogP contribution in [-0.2, 0) is 22.6 Å². The molecule has 2 aromatic carbocycles. The van der Waals surface area contributed by atoms with Crippen molar-refractivity contribution in [2.75, 3.05) is 13.2 Å². The van der Waals surface area contributed by atoms with E-state index in [-0.39, 0.29) is 48.6 Å². The molecule has 0 amide bonds. The van der Waals surface area contributed by atoms with Crippen LogP contribution in [0.25, 0.3) is 0 Å². The molecule has 0 aliphatic rings. The third-order valence-corrected chi connectivity index (χ3v) is 5.03. The molecule has 0 radical (unpaired) electrons. The highest BCUT2D eigenvalue weighted by molar-refractivity contribution is 6.35. The van der Waals surface area contributed by atoms with Gasteiger partial charge in [0.2, 0.25) is 12.1 Å². The standard InChI is InChI=1S/C24H23Cl2N2O3.BrH/c1-2-3-13-30-24(22-10-9-19(25)14-23(22)26)16-28-12-11-27(18-28)15-20(29)17-31-21-7-5-4-6-8-21;/h4-12,14,18,24H,13,15-17H2,1H3;1H/q+1;/p-1. The number of carbonyl (C=O) groups is 1. The van der Waals surface area contributed by atoms with Gasteiger partial charge in [0.25, 0.3) is 0 Å². The van der Waals surface area contributed by atoms with E-state index in [0.29, 0.717) is 22.3 Å². The zero-order valence-electron chi connectivity index (χ0n) is 17.5. The summed E-state index contributed by atoms with van der Waals surface area (Å²) in [7, 11) is 0. The second-order valence-corrected chi connectivity index (χ2v) is 7.66. The number of imidazole rings is 1. The summed E-state index contributed by atoms with van der Waals surface area (Å²) in [5.74, 6) is 6.38. The second kappa shape index (κ2) is 13.3. The Morgan fingerprint density at radius 1 is 1.19 bits per heavy atom. The Bertz CT molecular complexity index is 1080. The molecule has 5 nitrogen and oxygen atoms in total. The van der Waals surface area contributed by atoms with E-state index < -0.39 is 0 Å². The summed E-state index contributed by atoms with van der Waals surface area (Å²) in [6.07, 6.45) is 5.26. The van der Waals surface area contributed by atoms with Gasteiger partial charge in [-0.3, -0.25) is 4.79 Å². The van der Waals surface area contributed by atoms with Crippen molar-refractivity contribution in [3.63, 3.8) is 0 Å². The number of Topliss-reactive ketones (excluding diaryl/α,β-unsaturated/α-hetero) is 1. The Kier molecular flexibility index (Phi) is 10.8. The van der Waals surface area contributed by atoms with Gasteiger partial charge in [-0.2, -0.15) is 0 Å². The maximum atomic E-state index is 12.3. The fraction of sp³-hybridized carbons (Fsp3) is 0.250. The average molecular weight is 538 g/mol. The van der Waals surface area contributed by atoms with Gasteiger partial charge in [-0.1, -0.05) is 53.4 Å². The highest BCUT2D eigenvalue weighted by Gasteiger charge is 2.20. The number of ketones is 1. The third kappa shape index (κ3) is 7.99. The number of ether oxygens (including phenoxy) is 2. The van der Waals surface area contributed by atoms with E-state index >= 15 is 0 Å². The molecular weight excluding hydrogens is 515 g/mol. The summed E-state index contributed by atoms with van der Waals surface area (Å²) < 4.78 is 15.2. The number of hydrogen-bond donors (Lipinski definition) is 0. The zero-order chi connectivity index (χ0) is 22.1. The van der Waals surface area contributed by atoms with Gasteiger partial charge in [-0.15, -0.1) is 5.92 Å². The highest BCUT2D eigenvalue weighted by atomic mass is 79.9. The smallest absolute Gasteiger partial charge is 0.244 e. The highest BCUT2D eigenvalue weighted by Crippen LogP contribution is 2.28. The SMILES string of the molecule is CC#CCOC(C[n+]1ccn(CC(=O)COc2ccccc2)c1)c1ccc(Cl)cc1Cl.[Br-]. The van der Waals surface area contributed by atoms with E-state index in [4.69, 9.17) is 32.7 Å². The fourth-order valence-electron chi connectivity index (χ4n) is 2.98. The predicted octanol–water partition coefficient (Wildman–Crippen LogP) is 1.52. The lowest BCUT2D eigenvalue weighted by atomic mass is 10.1. The van der Waals surface area contributed by atoms with Crippen LogP contribution in [0.15, 0.2) is 67.3 Å². The average Bonchev–Trinajstić information content (AvgIpc) is 3.19. The van der Waals surface area contributed by atoms with Gasteiger partial charge in [0.15, 0.2) is 13.2 Å². The van der Waals surface area contributed by atoms with E-state index in [1.807, 2.05) is 64.3 Å². The molecule has 0 aliphatic carbocycles. The molecule has 0 saturated heterocycles. The topological polar surface area (TPSA) is 44.3 Å². The largest absolute Gasteiger partial charge is 1.00 e. The van der Waals surface area contributed by atoms with Crippen molar-refractivity contribution in [2.24, 2.45) is 0 Å². The van der Waals surface area contributed by atoms with E-state index in [1.165, 1.54) is 0 Å². The normalized spacial score (nSPS) is 11.1. The minimum Gasteiger partial charge on any atom is -1.00 e. The number of aromatic nitrogens is 2. The van der Waals surface area contributed by atoms with Crippen molar-refractivity contribution in [2.45, 2.75) is 26.1 Å². The van der Waals surface area contributed by atoms with Crippen molar-refractivity contribution >= 4 is 29.0 Å². The van der Waals surface area contributed by atoms with Gasteiger partial charge in [-0.25, -0.2) is 9.13 Å². The molecule has 0 fully saturated rings. The van der Waals surface area contributed by atoms with Gasteiger partial charge in [0.05, 0.1) is 0 Å². The first-order chi connectivity index (χ1) is 15.0. The van der Waals surface area contributed by atoms with E-state index in [1.54, 1.807) is 19.1 Å². The maximum absolute atomic E-state index is 12.3. The van der Waals surface area contributed by atoms with Crippen molar-refractivity contribution in [1.29, 1.82) is 0 Å². The van der Waals surface area contributed by atoms with Gasteiger partial charge >= 0.3 is 0 Å². The molecule has 168 valence electrons. The lowest BCUT2D eigenvalue weighted by molar-refractivity contribution is -0.704. The van der Waals surface area contributed by atoms with Crippen molar-refractivity contribution < 1.29 is 35.8 Å². The van der Waals surface area contributed by atoms with E-state index in [0.717, 1.165) is 5.56 Å². The van der Waals surface area contributed by atoms with Crippen LogP contribution >= 0.6 is 23.2 Å². The summed E-state index contributed by atoms with van der Waals surface area (Å²) in [5, 5.41) is 1.10. The first-order valence-corrected chi connectivity index (χ1v) is 10.5. The summed E-state index contributed by atoms with van der Waals surface area (Å²) in [4.78, 5) is 12.3. The van der Waals surface area contributed by atoms with E-state index in [9.17, 15) is 4.79 Å². The number of halogens is 3. The number of nitrogens with zero attached hydrogens (tertiary/aromatic N) is 2. The molecule has 1 heterocycles. The Morgan fingerprint density at radius 3 is 2.69 bits per heavy atom. The predicted molar refractivity (Wildman–Crippen MR) is 120 cm³/mol. The Labute approximate surface area is 208 Å². The van der Waals surface area contributed by atoms with Crippen LogP contribution in [0.4, 0.5) is 0 Å². The van der Waals surface area contributed by atoms with Gasteiger partial charge < -0.3 is 26.5 Å². The molecule has 1 unspecified atom stereocenters. The zero-order valence-corrected chi connectivity index (χ0v) is 20.6. The minimum absolute atomic E-state index is 0. The van der Waals surface area contributed by atoms with E-state index in [2.05, 4.69) is 11.8 Å². The number of benzene rings is 2. The lowest BCUT2D eigenvalue weighted by Gasteiger charge is -2.16.